The van der Waals surface area contributed by atoms with Gasteiger partial charge in [-0.05, 0) is 24.8 Å². The van der Waals surface area contributed by atoms with E-state index in [0.29, 0.717) is 11.1 Å². The molecule has 3 nitrogen and oxygen atoms in total. The van der Waals surface area contributed by atoms with Crippen molar-refractivity contribution >= 4 is 34.4 Å². The molecule has 21 heavy (non-hydrogen) atoms. The van der Waals surface area contributed by atoms with Crippen LogP contribution < -0.4 is 4.74 Å². The van der Waals surface area contributed by atoms with E-state index in [9.17, 15) is 0 Å². The highest BCUT2D eigenvalue weighted by molar-refractivity contribution is 7.99. The fourth-order valence-electron chi connectivity index (χ4n) is 2.31. The first-order valence-electron chi connectivity index (χ1n) is 7.40. The third-order valence-corrected chi connectivity index (χ3v) is 4.59. The van der Waals surface area contributed by atoms with Crippen LogP contribution in [-0.2, 0) is 13.0 Å². The van der Waals surface area contributed by atoms with Crippen molar-refractivity contribution in [3.8, 4) is 5.75 Å². The van der Waals surface area contributed by atoms with Gasteiger partial charge >= 0.3 is 0 Å². The average molecular weight is 327 g/mol. The minimum absolute atomic E-state index is 0.539. The molecule has 0 saturated heterocycles. The molecule has 1 atom stereocenters. The Kier molecular flexibility index (Phi) is 6.24. The second kappa shape index (κ2) is 7.95. The third-order valence-electron chi connectivity index (χ3n) is 3.44. The third kappa shape index (κ3) is 3.86. The molecule has 5 heteroatoms. The van der Waals surface area contributed by atoms with E-state index in [-0.39, 0.29) is 0 Å². The van der Waals surface area contributed by atoms with Gasteiger partial charge < -0.3 is 9.30 Å². The topological polar surface area (TPSA) is 27.1 Å². The fourth-order valence-corrected chi connectivity index (χ4v) is 2.78. The van der Waals surface area contributed by atoms with Crippen LogP contribution in [0.2, 0.25) is 0 Å². The number of para-hydroxylation sites is 1. The van der Waals surface area contributed by atoms with E-state index in [1.54, 1.807) is 0 Å². The largest absolute Gasteiger partial charge is 0.491 e. The smallest absolute Gasteiger partial charge is 0.147 e. The van der Waals surface area contributed by atoms with Gasteiger partial charge in [0.2, 0.25) is 0 Å². The quantitative estimate of drug-likeness (QED) is 0.674. The maximum Gasteiger partial charge on any atom is 0.147 e. The van der Waals surface area contributed by atoms with Crippen molar-refractivity contribution in [3.63, 3.8) is 0 Å². The average Bonchev–Trinajstić information content (AvgIpc) is 2.84. The van der Waals surface area contributed by atoms with E-state index < -0.39 is 0 Å². The van der Waals surface area contributed by atoms with Gasteiger partial charge in [0.1, 0.15) is 17.1 Å². The van der Waals surface area contributed by atoms with Gasteiger partial charge in [-0.3, -0.25) is 0 Å². The molecular formula is C16H23ClN2OS. The minimum Gasteiger partial charge on any atom is -0.491 e. The van der Waals surface area contributed by atoms with Gasteiger partial charge in [-0.2, -0.15) is 11.8 Å². The predicted molar refractivity (Wildman–Crippen MR) is 92.9 cm³/mol. The normalized spacial score (nSPS) is 12.8. The van der Waals surface area contributed by atoms with Gasteiger partial charge in [-0.15, -0.1) is 11.6 Å². The Morgan fingerprint density at radius 1 is 1.43 bits per heavy atom. The molecule has 116 valence electrons. The number of nitrogens with zero attached hydrogens (tertiary/aromatic N) is 2. The summed E-state index contributed by atoms with van der Waals surface area (Å²) >= 11 is 7.80. The van der Waals surface area contributed by atoms with Crippen LogP contribution in [0.25, 0.3) is 11.0 Å². The van der Waals surface area contributed by atoms with Crippen LogP contribution in [0, 0.1) is 0 Å². The van der Waals surface area contributed by atoms with E-state index in [2.05, 4.69) is 30.7 Å². The SMILES string of the molecule is CCCOc1cccc2c1nc(CCCl)n2CC(C)SC. The second-order valence-corrected chi connectivity index (χ2v) is 6.75. The lowest BCUT2D eigenvalue weighted by Gasteiger charge is -2.13. The van der Waals surface area contributed by atoms with E-state index in [1.165, 1.54) is 0 Å². The molecule has 0 aliphatic heterocycles. The Labute approximate surface area is 136 Å². The molecule has 2 aromatic rings. The lowest BCUT2D eigenvalue weighted by molar-refractivity contribution is 0.320. The number of benzene rings is 1. The lowest BCUT2D eigenvalue weighted by Crippen LogP contribution is -2.12. The molecule has 1 aromatic carbocycles. The van der Waals surface area contributed by atoms with E-state index in [4.69, 9.17) is 21.3 Å². The predicted octanol–water partition coefficient (Wildman–Crippen LogP) is 4.36. The molecule has 1 unspecified atom stereocenters. The van der Waals surface area contributed by atoms with Crippen LogP contribution in [-0.4, -0.2) is 33.5 Å². The Balaban J connectivity index is 2.45. The van der Waals surface area contributed by atoms with Crippen molar-refractivity contribution in [1.82, 2.24) is 9.55 Å². The molecule has 0 radical (unpaired) electrons. The number of alkyl halides is 1. The summed E-state index contributed by atoms with van der Waals surface area (Å²) in [6, 6.07) is 6.16. The lowest BCUT2D eigenvalue weighted by atomic mass is 10.3. The van der Waals surface area contributed by atoms with Crippen LogP contribution in [0.1, 0.15) is 26.1 Å². The molecule has 1 aromatic heterocycles. The van der Waals surface area contributed by atoms with Crippen LogP contribution >= 0.6 is 23.4 Å². The number of rotatable bonds is 8. The van der Waals surface area contributed by atoms with Crippen LogP contribution in [0.4, 0.5) is 0 Å². The van der Waals surface area contributed by atoms with Gasteiger partial charge in [-0.25, -0.2) is 4.98 Å². The van der Waals surface area contributed by atoms with Gasteiger partial charge in [0.15, 0.2) is 0 Å². The van der Waals surface area contributed by atoms with E-state index in [1.807, 2.05) is 23.9 Å². The van der Waals surface area contributed by atoms with Gasteiger partial charge in [0, 0.05) is 24.1 Å². The van der Waals surface area contributed by atoms with Crippen LogP contribution in [0.5, 0.6) is 5.75 Å². The molecule has 0 saturated carbocycles. The fraction of sp³-hybridized carbons (Fsp3) is 0.562. The molecular weight excluding hydrogens is 304 g/mol. The van der Waals surface area contributed by atoms with Crippen LogP contribution in [0.3, 0.4) is 0 Å². The molecule has 0 aliphatic carbocycles. The Bertz CT molecular complexity index is 585. The van der Waals surface area contributed by atoms with Gasteiger partial charge in [-0.1, -0.05) is 19.9 Å². The number of imidazole rings is 1. The van der Waals surface area contributed by atoms with Crippen molar-refractivity contribution in [1.29, 1.82) is 0 Å². The molecule has 0 amide bonds. The monoisotopic (exact) mass is 326 g/mol. The first-order chi connectivity index (χ1) is 10.2. The summed E-state index contributed by atoms with van der Waals surface area (Å²) in [5.74, 6) is 2.51. The summed E-state index contributed by atoms with van der Waals surface area (Å²) in [7, 11) is 0. The van der Waals surface area contributed by atoms with Crippen molar-refractivity contribution in [2.45, 2.75) is 38.5 Å². The molecule has 2 rings (SSSR count). The number of aryl methyl sites for hydroxylation is 1. The molecule has 0 spiro atoms. The first-order valence-corrected chi connectivity index (χ1v) is 9.23. The molecule has 0 aliphatic rings. The van der Waals surface area contributed by atoms with Crippen molar-refractivity contribution in [2.24, 2.45) is 0 Å². The molecule has 0 fully saturated rings. The maximum absolute atomic E-state index is 5.94. The zero-order valence-corrected chi connectivity index (χ0v) is 14.5. The highest BCUT2D eigenvalue weighted by Crippen LogP contribution is 2.27. The van der Waals surface area contributed by atoms with E-state index in [0.717, 1.165) is 48.6 Å². The number of aromatic nitrogens is 2. The van der Waals surface area contributed by atoms with Crippen LogP contribution in [0.15, 0.2) is 18.2 Å². The molecule has 0 N–H and O–H groups in total. The van der Waals surface area contributed by atoms with Gasteiger partial charge in [0.05, 0.1) is 12.1 Å². The summed E-state index contributed by atoms with van der Waals surface area (Å²) in [6.07, 6.45) is 3.92. The van der Waals surface area contributed by atoms with E-state index >= 15 is 0 Å². The molecule has 0 bridgehead atoms. The zero-order valence-electron chi connectivity index (χ0n) is 12.9. The van der Waals surface area contributed by atoms with Crippen molar-refractivity contribution in [3.05, 3.63) is 24.0 Å². The molecule has 1 heterocycles. The summed E-state index contributed by atoms with van der Waals surface area (Å²) in [6.45, 7) is 6.01. The van der Waals surface area contributed by atoms with Crippen molar-refractivity contribution < 1.29 is 4.74 Å². The summed E-state index contributed by atoms with van der Waals surface area (Å²) < 4.78 is 8.12. The highest BCUT2D eigenvalue weighted by atomic mass is 35.5. The number of hydrogen-bond donors (Lipinski definition) is 0. The number of halogens is 1. The highest BCUT2D eigenvalue weighted by Gasteiger charge is 2.15. The number of thioether (sulfide) groups is 1. The summed E-state index contributed by atoms with van der Waals surface area (Å²) in [4.78, 5) is 4.79. The number of hydrogen-bond acceptors (Lipinski definition) is 3. The number of fused-ring (bicyclic) bond motifs is 1. The minimum atomic E-state index is 0.539. The van der Waals surface area contributed by atoms with Gasteiger partial charge in [0.25, 0.3) is 0 Å². The Morgan fingerprint density at radius 3 is 2.90 bits per heavy atom. The Hall–Kier alpha value is -0.870. The first kappa shape index (κ1) is 16.5. The zero-order chi connectivity index (χ0) is 15.2. The van der Waals surface area contributed by atoms with Crippen molar-refractivity contribution in [2.75, 3.05) is 18.7 Å². The maximum atomic E-state index is 5.94. The second-order valence-electron chi connectivity index (χ2n) is 5.10. The standard InChI is InChI=1S/C16H23ClN2OS/c1-4-10-20-14-7-5-6-13-16(14)18-15(8-9-17)19(13)11-12(2)21-3/h5-7,12H,4,8-11H2,1-3H3. The Morgan fingerprint density at radius 2 is 2.24 bits per heavy atom. The summed E-state index contributed by atoms with van der Waals surface area (Å²) in [5.41, 5.74) is 2.10. The number of ether oxygens (including phenoxy) is 1. The summed E-state index contributed by atoms with van der Waals surface area (Å²) in [5, 5.41) is 0.539.